The van der Waals surface area contributed by atoms with E-state index in [1.165, 1.54) is 0 Å². The zero-order valence-electron chi connectivity index (χ0n) is 19.6. The van der Waals surface area contributed by atoms with Gasteiger partial charge in [-0.3, -0.25) is 0 Å². The summed E-state index contributed by atoms with van der Waals surface area (Å²) in [5.41, 5.74) is -0.143. The third-order valence-corrected chi connectivity index (χ3v) is 6.22. The number of carbonyl (C=O) groups excluding carboxylic acids is 1. The van der Waals surface area contributed by atoms with Crippen molar-refractivity contribution < 1.29 is 27.4 Å². The zero-order chi connectivity index (χ0) is 25.0. The topological polar surface area (TPSA) is 51.7 Å². The molecule has 0 spiro atoms. The number of halogens is 4. The maximum absolute atomic E-state index is 13.1. The first-order valence-corrected chi connectivity index (χ1v) is 12.0. The Morgan fingerprint density at radius 2 is 1.76 bits per heavy atom. The molecule has 0 unspecified atom stereocenters. The van der Waals surface area contributed by atoms with Gasteiger partial charge in [0.05, 0.1) is 18.8 Å². The monoisotopic (exact) mass is 542 g/mol. The van der Waals surface area contributed by atoms with Crippen molar-refractivity contribution in [2.75, 3.05) is 26.3 Å². The number of ether oxygens (including phenoxy) is 2. The van der Waals surface area contributed by atoms with Crippen molar-refractivity contribution in [3.63, 3.8) is 0 Å². The standard InChI is InChI=1S/C25H30BrF3N2O3/c1-23(2,3)34-22(32)31-12-10-24(11-13-31,18-7-5-4-6-8-18)17-33-14-9-20-15-19(25(27,28)29)16-21(26)30-20/h4-8,15-16H,9-14,17H2,1-3H3. The van der Waals surface area contributed by atoms with E-state index in [-0.39, 0.29) is 29.1 Å². The molecule has 0 atom stereocenters. The molecule has 1 aromatic heterocycles. The summed E-state index contributed by atoms with van der Waals surface area (Å²) < 4.78 is 50.9. The number of pyridine rings is 1. The van der Waals surface area contributed by atoms with Gasteiger partial charge in [0.15, 0.2) is 0 Å². The average Bonchev–Trinajstić information content (AvgIpc) is 2.75. The number of benzene rings is 1. The fourth-order valence-electron chi connectivity index (χ4n) is 4.04. The van der Waals surface area contributed by atoms with E-state index in [9.17, 15) is 18.0 Å². The summed E-state index contributed by atoms with van der Waals surface area (Å²) in [4.78, 5) is 18.3. The van der Waals surface area contributed by atoms with Crippen LogP contribution in [0.1, 0.15) is 50.4 Å². The molecular formula is C25H30BrF3N2O3. The van der Waals surface area contributed by atoms with Gasteiger partial charge in [0.25, 0.3) is 0 Å². The smallest absolute Gasteiger partial charge is 0.416 e. The Morgan fingerprint density at radius 1 is 1.12 bits per heavy atom. The predicted molar refractivity (Wildman–Crippen MR) is 127 cm³/mol. The van der Waals surface area contributed by atoms with Crippen LogP contribution >= 0.6 is 15.9 Å². The molecule has 1 amide bonds. The van der Waals surface area contributed by atoms with Gasteiger partial charge in [-0.15, -0.1) is 0 Å². The number of carbonyl (C=O) groups is 1. The van der Waals surface area contributed by atoms with Crippen molar-refractivity contribution >= 4 is 22.0 Å². The lowest BCUT2D eigenvalue weighted by Gasteiger charge is -2.42. The molecule has 0 bridgehead atoms. The van der Waals surface area contributed by atoms with E-state index in [4.69, 9.17) is 9.47 Å². The average molecular weight is 543 g/mol. The number of piperidine rings is 1. The Bertz CT molecular complexity index is 970. The van der Waals surface area contributed by atoms with E-state index in [1.54, 1.807) is 4.90 Å². The summed E-state index contributed by atoms with van der Waals surface area (Å²) in [7, 11) is 0. The molecular weight excluding hydrogens is 513 g/mol. The van der Waals surface area contributed by atoms with Crippen molar-refractivity contribution in [3.8, 4) is 0 Å². The number of likely N-dealkylation sites (tertiary alicyclic amines) is 1. The number of hydrogen-bond acceptors (Lipinski definition) is 4. The highest BCUT2D eigenvalue weighted by Gasteiger charge is 2.39. The number of aromatic nitrogens is 1. The van der Waals surface area contributed by atoms with Crippen LogP contribution in [0.3, 0.4) is 0 Å². The lowest BCUT2D eigenvalue weighted by atomic mass is 9.73. The number of alkyl halides is 3. The summed E-state index contributed by atoms with van der Waals surface area (Å²) in [6.07, 6.45) is -3.10. The highest BCUT2D eigenvalue weighted by molar-refractivity contribution is 9.10. The van der Waals surface area contributed by atoms with Crippen LogP contribution in [0.15, 0.2) is 47.1 Å². The first-order valence-electron chi connectivity index (χ1n) is 11.2. The van der Waals surface area contributed by atoms with Crippen molar-refractivity contribution in [1.29, 1.82) is 0 Å². The van der Waals surface area contributed by atoms with Crippen LogP contribution in [0.4, 0.5) is 18.0 Å². The Morgan fingerprint density at radius 3 is 2.35 bits per heavy atom. The lowest BCUT2D eigenvalue weighted by molar-refractivity contribution is -0.137. The highest BCUT2D eigenvalue weighted by Crippen LogP contribution is 2.36. The van der Waals surface area contributed by atoms with E-state index in [0.717, 1.165) is 17.7 Å². The van der Waals surface area contributed by atoms with Crippen LogP contribution in [-0.2, 0) is 27.5 Å². The Balaban J connectivity index is 1.64. The fourth-order valence-corrected chi connectivity index (χ4v) is 4.51. The van der Waals surface area contributed by atoms with Crippen molar-refractivity contribution in [2.24, 2.45) is 0 Å². The molecule has 0 aliphatic carbocycles. The van der Waals surface area contributed by atoms with Crippen LogP contribution in [0.25, 0.3) is 0 Å². The summed E-state index contributed by atoms with van der Waals surface area (Å²) in [5.74, 6) is 0. The van der Waals surface area contributed by atoms with Gasteiger partial charge in [-0.25, -0.2) is 9.78 Å². The first-order chi connectivity index (χ1) is 15.9. The summed E-state index contributed by atoms with van der Waals surface area (Å²) in [6, 6.07) is 12.0. The van der Waals surface area contributed by atoms with Gasteiger partial charge in [0.1, 0.15) is 10.2 Å². The molecule has 2 aromatic rings. The molecule has 34 heavy (non-hydrogen) atoms. The molecule has 3 rings (SSSR count). The predicted octanol–water partition coefficient (Wildman–Crippen LogP) is 6.39. The van der Waals surface area contributed by atoms with Crippen molar-refractivity contribution in [2.45, 2.75) is 57.2 Å². The second kappa shape index (κ2) is 10.6. The molecule has 2 heterocycles. The molecule has 0 saturated carbocycles. The van der Waals surface area contributed by atoms with Gasteiger partial charge < -0.3 is 14.4 Å². The van der Waals surface area contributed by atoms with Gasteiger partial charge >= 0.3 is 12.3 Å². The molecule has 0 radical (unpaired) electrons. The first kappa shape index (κ1) is 26.5. The van der Waals surface area contributed by atoms with Gasteiger partial charge in [-0.1, -0.05) is 30.3 Å². The second-order valence-corrected chi connectivity index (χ2v) is 10.4. The van der Waals surface area contributed by atoms with E-state index in [0.29, 0.717) is 38.2 Å². The van der Waals surface area contributed by atoms with Crippen LogP contribution in [0.2, 0.25) is 0 Å². The third kappa shape index (κ3) is 7.18. The van der Waals surface area contributed by atoms with Gasteiger partial charge in [-0.2, -0.15) is 13.2 Å². The lowest BCUT2D eigenvalue weighted by Crippen LogP contribution is -2.48. The van der Waals surface area contributed by atoms with E-state index in [2.05, 4.69) is 33.0 Å². The van der Waals surface area contributed by atoms with Crippen LogP contribution < -0.4 is 0 Å². The van der Waals surface area contributed by atoms with Crippen molar-refractivity contribution in [3.05, 3.63) is 63.9 Å². The van der Waals surface area contributed by atoms with Crippen molar-refractivity contribution in [1.82, 2.24) is 9.88 Å². The molecule has 1 fully saturated rings. The summed E-state index contributed by atoms with van der Waals surface area (Å²) in [5, 5.41) is 0. The maximum atomic E-state index is 13.1. The summed E-state index contributed by atoms with van der Waals surface area (Å²) >= 11 is 3.06. The van der Waals surface area contributed by atoms with Crippen LogP contribution in [0.5, 0.6) is 0 Å². The van der Waals surface area contributed by atoms with Gasteiger partial charge in [0.2, 0.25) is 0 Å². The molecule has 1 aliphatic rings. The molecule has 186 valence electrons. The second-order valence-electron chi connectivity index (χ2n) is 9.58. The number of nitrogens with zero attached hydrogens (tertiary/aromatic N) is 2. The zero-order valence-corrected chi connectivity index (χ0v) is 21.2. The number of rotatable bonds is 6. The number of amides is 1. The Kier molecular flexibility index (Phi) is 8.29. The minimum Gasteiger partial charge on any atom is -0.444 e. The molecule has 1 saturated heterocycles. The normalized spacial score (nSPS) is 16.4. The largest absolute Gasteiger partial charge is 0.444 e. The molecule has 0 N–H and O–H groups in total. The van der Waals surface area contributed by atoms with E-state index < -0.39 is 17.3 Å². The Hall–Kier alpha value is -2.13. The highest BCUT2D eigenvalue weighted by atomic mass is 79.9. The SMILES string of the molecule is CC(C)(C)OC(=O)N1CCC(COCCc2cc(C(F)(F)F)cc(Br)n2)(c2ccccc2)CC1. The minimum atomic E-state index is -4.43. The van der Waals surface area contributed by atoms with Crippen LogP contribution in [-0.4, -0.2) is 47.9 Å². The van der Waals surface area contributed by atoms with E-state index >= 15 is 0 Å². The molecule has 5 nitrogen and oxygen atoms in total. The van der Waals surface area contributed by atoms with Gasteiger partial charge in [-0.05, 0) is 67.2 Å². The van der Waals surface area contributed by atoms with Gasteiger partial charge in [0, 0.05) is 30.6 Å². The number of hydrogen-bond donors (Lipinski definition) is 0. The van der Waals surface area contributed by atoms with Crippen LogP contribution in [0, 0.1) is 0 Å². The minimum absolute atomic E-state index is 0.146. The maximum Gasteiger partial charge on any atom is 0.416 e. The quantitative estimate of drug-likeness (QED) is 0.313. The van der Waals surface area contributed by atoms with E-state index in [1.807, 2.05) is 39.0 Å². The fraction of sp³-hybridized carbons (Fsp3) is 0.520. The molecule has 9 heteroatoms. The summed E-state index contributed by atoms with van der Waals surface area (Å²) in [6.45, 7) is 7.24. The third-order valence-electron chi connectivity index (χ3n) is 5.81. The Labute approximate surface area is 206 Å². The molecule has 1 aliphatic heterocycles. The molecule has 1 aromatic carbocycles.